The van der Waals surface area contributed by atoms with Crippen molar-refractivity contribution < 1.29 is 0 Å². The molecule has 2 N–H and O–H groups in total. The summed E-state index contributed by atoms with van der Waals surface area (Å²) in [5.74, 6) is 0. The standard InChI is InChI=1S/C34H74N4/c1-13-31(14-2,15-3)35-25-27-37(33(19-7,20-8)21-9)29-30-38(34(22-10,23-11)24-12)28-26-36-32(16-4,17-5)18-6/h35-36H,13-30H2,1-12H3. The van der Waals surface area contributed by atoms with E-state index >= 15 is 0 Å². The molecule has 230 valence electrons. The number of nitrogens with one attached hydrogen (secondary N) is 2. The maximum absolute atomic E-state index is 4.01. The van der Waals surface area contributed by atoms with Crippen LogP contribution in [0.15, 0.2) is 0 Å². The largest absolute Gasteiger partial charge is 0.310 e. The van der Waals surface area contributed by atoms with Gasteiger partial charge in [0.2, 0.25) is 0 Å². The van der Waals surface area contributed by atoms with E-state index in [1.807, 2.05) is 0 Å². The van der Waals surface area contributed by atoms with Crippen LogP contribution in [0.2, 0.25) is 0 Å². The van der Waals surface area contributed by atoms with Crippen molar-refractivity contribution in [1.29, 1.82) is 0 Å². The highest BCUT2D eigenvalue weighted by molar-refractivity contribution is 4.93. The molecule has 0 heterocycles. The molecule has 4 heteroatoms. The summed E-state index contributed by atoms with van der Waals surface area (Å²) >= 11 is 0. The Morgan fingerprint density at radius 3 is 0.763 bits per heavy atom. The molecule has 38 heavy (non-hydrogen) atoms. The van der Waals surface area contributed by atoms with Crippen LogP contribution in [0.25, 0.3) is 0 Å². The van der Waals surface area contributed by atoms with Crippen molar-refractivity contribution >= 4 is 0 Å². The van der Waals surface area contributed by atoms with Gasteiger partial charge >= 0.3 is 0 Å². The maximum Gasteiger partial charge on any atom is 0.0202 e. The Balaban J connectivity index is 5.87. The molecule has 0 aliphatic heterocycles. The third-order valence-corrected chi connectivity index (χ3v) is 11.8. The van der Waals surface area contributed by atoms with E-state index in [9.17, 15) is 0 Å². The second kappa shape index (κ2) is 19.1. The monoisotopic (exact) mass is 539 g/mol. The molecule has 0 amide bonds. The molecule has 4 nitrogen and oxygen atoms in total. The van der Waals surface area contributed by atoms with Crippen LogP contribution in [0.3, 0.4) is 0 Å². The molecule has 0 aromatic carbocycles. The van der Waals surface area contributed by atoms with Gasteiger partial charge in [0.25, 0.3) is 0 Å². The fraction of sp³-hybridized carbons (Fsp3) is 1.00. The molecule has 0 aromatic heterocycles. The van der Waals surface area contributed by atoms with Crippen LogP contribution in [0.5, 0.6) is 0 Å². The molecular formula is C34H74N4. The second-order valence-corrected chi connectivity index (χ2v) is 12.1. The van der Waals surface area contributed by atoms with E-state index < -0.39 is 0 Å². The van der Waals surface area contributed by atoms with Crippen molar-refractivity contribution in [3.63, 3.8) is 0 Å². The predicted octanol–water partition coefficient (Wildman–Crippen LogP) is 8.64. The first-order valence-electron chi connectivity index (χ1n) is 17.1. The highest BCUT2D eigenvalue weighted by atomic mass is 15.3. The zero-order valence-corrected chi connectivity index (χ0v) is 28.6. The second-order valence-electron chi connectivity index (χ2n) is 12.1. The minimum atomic E-state index is 0.294. The van der Waals surface area contributed by atoms with E-state index in [1.165, 1.54) is 77.0 Å². The molecule has 0 rings (SSSR count). The molecule has 0 fully saturated rings. The smallest absolute Gasteiger partial charge is 0.0202 e. The molecular weight excluding hydrogens is 464 g/mol. The molecule has 0 aliphatic rings. The summed E-state index contributed by atoms with van der Waals surface area (Å²) in [6.07, 6.45) is 14.6. The first kappa shape index (κ1) is 37.8. The van der Waals surface area contributed by atoms with Crippen molar-refractivity contribution in [1.82, 2.24) is 20.4 Å². The summed E-state index contributed by atoms with van der Waals surface area (Å²) in [7, 11) is 0. The summed E-state index contributed by atoms with van der Waals surface area (Å²) in [6.45, 7) is 35.4. The first-order valence-corrected chi connectivity index (χ1v) is 17.1. The predicted molar refractivity (Wildman–Crippen MR) is 174 cm³/mol. The van der Waals surface area contributed by atoms with E-state index in [-0.39, 0.29) is 0 Å². The highest BCUT2D eigenvalue weighted by Crippen LogP contribution is 2.31. The summed E-state index contributed by atoms with van der Waals surface area (Å²) in [4.78, 5) is 5.76. The van der Waals surface area contributed by atoms with Gasteiger partial charge in [-0.25, -0.2) is 0 Å². The minimum Gasteiger partial charge on any atom is -0.310 e. The lowest BCUT2D eigenvalue weighted by molar-refractivity contribution is 0.0235. The molecule has 0 aliphatic carbocycles. The van der Waals surface area contributed by atoms with Gasteiger partial charge in [0, 0.05) is 61.4 Å². The van der Waals surface area contributed by atoms with Gasteiger partial charge in [0.05, 0.1) is 0 Å². The number of hydrogen-bond acceptors (Lipinski definition) is 4. The molecule has 0 unspecified atom stereocenters. The lowest BCUT2D eigenvalue weighted by Gasteiger charge is -2.48. The van der Waals surface area contributed by atoms with Gasteiger partial charge in [-0.15, -0.1) is 0 Å². The van der Waals surface area contributed by atoms with Crippen molar-refractivity contribution in [2.75, 3.05) is 39.3 Å². The van der Waals surface area contributed by atoms with Crippen molar-refractivity contribution in [3.8, 4) is 0 Å². The number of rotatable bonds is 25. The van der Waals surface area contributed by atoms with Gasteiger partial charge < -0.3 is 10.6 Å². The van der Waals surface area contributed by atoms with Gasteiger partial charge in [-0.3, -0.25) is 9.80 Å². The zero-order chi connectivity index (χ0) is 29.3. The Hall–Kier alpha value is -0.160. The topological polar surface area (TPSA) is 30.5 Å². The Morgan fingerprint density at radius 2 is 0.579 bits per heavy atom. The lowest BCUT2D eigenvalue weighted by Crippen LogP contribution is -2.58. The van der Waals surface area contributed by atoms with Crippen LogP contribution >= 0.6 is 0 Å². The Morgan fingerprint density at radius 1 is 0.342 bits per heavy atom. The molecule has 0 aromatic rings. The van der Waals surface area contributed by atoms with E-state index in [1.54, 1.807) is 0 Å². The van der Waals surface area contributed by atoms with E-state index in [0.717, 1.165) is 39.3 Å². The Kier molecular flexibility index (Phi) is 19.0. The fourth-order valence-electron chi connectivity index (χ4n) is 7.42. The van der Waals surface area contributed by atoms with Gasteiger partial charge in [0.15, 0.2) is 0 Å². The summed E-state index contributed by atoms with van der Waals surface area (Å²) in [5.41, 5.74) is 1.19. The summed E-state index contributed by atoms with van der Waals surface area (Å²) < 4.78 is 0. The third-order valence-electron chi connectivity index (χ3n) is 11.8. The van der Waals surface area contributed by atoms with Gasteiger partial charge in [0.1, 0.15) is 0 Å². The molecule has 0 spiro atoms. The fourth-order valence-corrected chi connectivity index (χ4v) is 7.42. The van der Waals surface area contributed by atoms with E-state index in [4.69, 9.17) is 0 Å². The van der Waals surface area contributed by atoms with Gasteiger partial charge in [-0.1, -0.05) is 83.1 Å². The average Bonchev–Trinajstić information content (AvgIpc) is 2.98. The van der Waals surface area contributed by atoms with Gasteiger partial charge in [-0.05, 0) is 77.0 Å². The molecule has 0 atom stereocenters. The van der Waals surface area contributed by atoms with Crippen LogP contribution < -0.4 is 10.6 Å². The van der Waals surface area contributed by atoms with Crippen molar-refractivity contribution in [2.45, 2.75) is 182 Å². The quantitative estimate of drug-likeness (QED) is 0.122. The SMILES string of the molecule is CCC(CC)(CC)NCCN(CCN(CCNC(CC)(CC)CC)C(CC)(CC)CC)C(CC)(CC)CC. The van der Waals surface area contributed by atoms with Crippen LogP contribution in [-0.2, 0) is 0 Å². The van der Waals surface area contributed by atoms with Crippen LogP contribution in [0, 0.1) is 0 Å². The van der Waals surface area contributed by atoms with E-state index in [0.29, 0.717) is 22.2 Å². The molecule has 0 bridgehead atoms. The molecule has 0 saturated carbocycles. The van der Waals surface area contributed by atoms with Crippen LogP contribution in [-0.4, -0.2) is 71.2 Å². The van der Waals surface area contributed by atoms with Crippen molar-refractivity contribution in [2.24, 2.45) is 0 Å². The number of hydrogen-bond donors (Lipinski definition) is 2. The minimum absolute atomic E-state index is 0.294. The summed E-state index contributed by atoms with van der Waals surface area (Å²) in [6, 6.07) is 0. The summed E-state index contributed by atoms with van der Waals surface area (Å²) in [5, 5.41) is 8.03. The van der Waals surface area contributed by atoms with E-state index in [2.05, 4.69) is 104 Å². The Bertz CT molecular complexity index is 476. The average molecular weight is 539 g/mol. The first-order chi connectivity index (χ1) is 18.1. The van der Waals surface area contributed by atoms with Crippen LogP contribution in [0.4, 0.5) is 0 Å². The molecule has 0 radical (unpaired) electrons. The third kappa shape index (κ3) is 9.74. The van der Waals surface area contributed by atoms with Gasteiger partial charge in [-0.2, -0.15) is 0 Å². The maximum atomic E-state index is 4.01. The molecule has 0 saturated heterocycles. The van der Waals surface area contributed by atoms with Crippen LogP contribution in [0.1, 0.15) is 160 Å². The van der Waals surface area contributed by atoms with Crippen molar-refractivity contribution in [3.05, 3.63) is 0 Å². The highest BCUT2D eigenvalue weighted by Gasteiger charge is 2.36. The lowest BCUT2D eigenvalue weighted by atomic mass is 9.86. The Labute approximate surface area is 241 Å². The normalized spacial score (nSPS) is 13.7. The number of nitrogens with zero attached hydrogens (tertiary/aromatic N) is 2. The zero-order valence-electron chi connectivity index (χ0n) is 28.6.